The lowest BCUT2D eigenvalue weighted by atomic mass is 10.1. The zero-order valence-corrected chi connectivity index (χ0v) is 19.0. The van der Waals surface area contributed by atoms with Gasteiger partial charge in [0.05, 0.1) is 0 Å². The Bertz CT molecular complexity index is 232. The molecular formula is C22H48O2Si. The maximum atomic E-state index is 6.48. The lowest BCUT2D eigenvalue weighted by Crippen LogP contribution is -2.42. The molecule has 2 nitrogen and oxygen atoms in total. The highest BCUT2D eigenvalue weighted by atomic mass is 28.4. The molecule has 0 N–H and O–H groups in total. The molecule has 0 atom stereocenters. The Hall–Kier alpha value is 0.137. The van der Waals surface area contributed by atoms with E-state index in [0.717, 1.165) is 13.2 Å². The fraction of sp³-hybridized carbons (Fsp3) is 1.00. The smallest absolute Gasteiger partial charge is 0.338 e. The molecule has 0 aromatic heterocycles. The summed E-state index contributed by atoms with van der Waals surface area (Å²) in [6.07, 6.45) is 18.4. The predicted molar refractivity (Wildman–Crippen MR) is 115 cm³/mol. The molecule has 0 fully saturated rings. The highest BCUT2D eigenvalue weighted by Crippen LogP contribution is 2.24. The molecule has 0 aromatic rings. The third kappa shape index (κ3) is 14.9. The molecule has 0 heterocycles. The van der Waals surface area contributed by atoms with E-state index < -0.39 is 8.56 Å². The normalized spacial score (nSPS) is 12.0. The van der Waals surface area contributed by atoms with Crippen molar-refractivity contribution in [1.29, 1.82) is 0 Å². The van der Waals surface area contributed by atoms with Crippen molar-refractivity contribution in [2.45, 2.75) is 130 Å². The van der Waals surface area contributed by atoms with E-state index >= 15 is 0 Å². The number of hydrogen-bond acceptors (Lipinski definition) is 2. The summed E-state index contributed by atoms with van der Waals surface area (Å²) in [5, 5.41) is 0. The molecular weight excluding hydrogens is 324 g/mol. The number of unbranched alkanes of at least 4 members (excludes halogenated alkanes) is 10. The van der Waals surface area contributed by atoms with E-state index in [1.165, 1.54) is 102 Å². The lowest BCUT2D eigenvalue weighted by Gasteiger charge is -2.30. The molecule has 0 aromatic carbocycles. The van der Waals surface area contributed by atoms with Gasteiger partial charge in [-0.15, -0.1) is 0 Å². The van der Waals surface area contributed by atoms with Crippen LogP contribution in [0.2, 0.25) is 12.1 Å². The van der Waals surface area contributed by atoms with Gasteiger partial charge in [-0.2, -0.15) is 0 Å². The molecule has 3 heteroatoms. The van der Waals surface area contributed by atoms with Crippen LogP contribution >= 0.6 is 0 Å². The zero-order chi connectivity index (χ0) is 18.6. The fourth-order valence-corrected chi connectivity index (χ4v) is 6.97. The van der Waals surface area contributed by atoms with Crippen LogP contribution in [0.25, 0.3) is 0 Å². The largest absolute Gasteiger partial charge is 0.394 e. The van der Waals surface area contributed by atoms with Crippen molar-refractivity contribution < 1.29 is 8.85 Å². The van der Waals surface area contributed by atoms with Gasteiger partial charge in [0.1, 0.15) is 0 Å². The molecule has 152 valence electrons. The van der Waals surface area contributed by atoms with Gasteiger partial charge in [-0.3, -0.25) is 0 Å². The second kappa shape index (κ2) is 18.9. The Labute approximate surface area is 160 Å². The van der Waals surface area contributed by atoms with Crippen molar-refractivity contribution in [3.05, 3.63) is 0 Å². The number of hydrogen-bond donors (Lipinski definition) is 0. The summed E-state index contributed by atoms with van der Waals surface area (Å²) < 4.78 is 13.0. The van der Waals surface area contributed by atoms with Gasteiger partial charge in [0.2, 0.25) is 0 Å². The third-order valence-electron chi connectivity index (χ3n) is 4.99. The van der Waals surface area contributed by atoms with Crippen LogP contribution in [0.15, 0.2) is 0 Å². The summed E-state index contributed by atoms with van der Waals surface area (Å²) in [6, 6.07) is 2.35. The first-order chi connectivity index (χ1) is 12.2. The molecule has 0 aliphatic carbocycles. The van der Waals surface area contributed by atoms with Gasteiger partial charge in [-0.1, -0.05) is 105 Å². The molecule has 0 saturated carbocycles. The maximum Gasteiger partial charge on any atom is 0.338 e. The Morgan fingerprint density at radius 1 is 0.440 bits per heavy atom. The van der Waals surface area contributed by atoms with E-state index in [1.807, 2.05) is 0 Å². The van der Waals surface area contributed by atoms with Crippen LogP contribution in [0.4, 0.5) is 0 Å². The second-order valence-electron chi connectivity index (χ2n) is 7.64. The van der Waals surface area contributed by atoms with Crippen molar-refractivity contribution in [3.8, 4) is 0 Å². The Morgan fingerprint density at radius 2 is 0.800 bits per heavy atom. The van der Waals surface area contributed by atoms with Crippen LogP contribution in [0.1, 0.15) is 118 Å². The van der Waals surface area contributed by atoms with Crippen molar-refractivity contribution in [2.75, 3.05) is 13.2 Å². The molecule has 0 bridgehead atoms. The van der Waals surface area contributed by atoms with Gasteiger partial charge in [0.25, 0.3) is 0 Å². The van der Waals surface area contributed by atoms with Gasteiger partial charge < -0.3 is 8.85 Å². The average Bonchev–Trinajstić information content (AvgIpc) is 2.61. The lowest BCUT2D eigenvalue weighted by molar-refractivity contribution is 0.160. The van der Waals surface area contributed by atoms with E-state index in [2.05, 4.69) is 27.7 Å². The highest BCUT2D eigenvalue weighted by molar-refractivity contribution is 6.67. The topological polar surface area (TPSA) is 18.5 Å². The third-order valence-corrected chi connectivity index (χ3v) is 8.97. The SMILES string of the molecule is CCCCCCCCO[Si](CCC)(CCC)OCCCCCCCC. The molecule has 25 heavy (non-hydrogen) atoms. The molecule has 0 aliphatic rings. The average molecular weight is 373 g/mol. The van der Waals surface area contributed by atoms with Crippen LogP contribution in [0.5, 0.6) is 0 Å². The van der Waals surface area contributed by atoms with E-state index in [0.29, 0.717) is 0 Å². The molecule has 0 aliphatic heterocycles. The zero-order valence-electron chi connectivity index (χ0n) is 18.0. The molecule has 0 saturated heterocycles. The second-order valence-corrected chi connectivity index (χ2v) is 11.0. The first-order valence-electron chi connectivity index (χ1n) is 11.5. The number of rotatable bonds is 20. The van der Waals surface area contributed by atoms with Crippen molar-refractivity contribution in [2.24, 2.45) is 0 Å². The summed E-state index contributed by atoms with van der Waals surface area (Å²) in [5.74, 6) is 0. The summed E-state index contributed by atoms with van der Waals surface area (Å²) >= 11 is 0. The van der Waals surface area contributed by atoms with Crippen LogP contribution < -0.4 is 0 Å². The maximum absolute atomic E-state index is 6.48. The molecule has 0 rings (SSSR count). The standard InChI is InChI=1S/C22H48O2Si/c1-5-9-11-13-15-17-19-23-25(21-7-3,22-8-4)24-20-18-16-14-12-10-6-2/h5-22H2,1-4H3. The molecule has 0 unspecified atom stereocenters. The van der Waals surface area contributed by atoms with Gasteiger partial charge in [0, 0.05) is 13.2 Å². The highest BCUT2D eigenvalue weighted by Gasteiger charge is 2.35. The summed E-state index contributed by atoms with van der Waals surface area (Å²) in [5.41, 5.74) is 0. The van der Waals surface area contributed by atoms with Crippen LogP contribution in [0.3, 0.4) is 0 Å². The predicted octanol–water partition coefficient (Wildman–Crippen LogP) is 8.00. The minimum Gasteiger partial charge on any atom is -0.394 e. The van der Waals surface area contributed by atoms with Gasteiger partial charge >= 0.3 is 8.56 Å². The quantitative estimate of drug-likeness (QED) is 0.159. The summed E-state index contributed by atoms with van der Waals surface area (Å²) in [4.78, 5) is 0. The molecule has 0 radical (unpaired) electrons. The van der Waals surface area contributed by atoms with Crippen molar-refractivity contribution in [1.82, 2.24) is 0 Å². The molecule has 0 amide bonds. The van der Waals surface area contributed by atoms with Gasteiger partial charge in [-0.05, 0) is 24.9 Å². The molecule has 0 spiro atoms. The van der Waals surface area contributed by atoms with E-state index in [-0.39, 0.29) is 0 Å². The van der Waals surface area contributed by atoms with Gasteiger partial charge in [0.15, 0.2) is 0 Å². The van der Waals surface area contributed by atoms with E-state index in [9.17, 15) is 0 Å². The van der Waals surface area contributed by atoms with Crippen LogP contribution in [-0.2, 0) is 8.85 Å². The monoisotopic (exact) mass is 372 g/mol. The van der Waals surface area contributed by atoms with E-state index in [4.69, 9.17) is 8.85 Å². The Balaban J connectivity index is 4.06. The first-order valence-corrected chi connectivity index (χ1v) is 13.8. The van der Waals surface area contributed by atoms with Crippen LogP contribution in [-0.4, -0.2) is 21.8 Å². The minimum atomic E-state index is -1.95. The Kier molecular flexibility index (Phi) is 19.0. The van der Waals surface area contributed by atoms with E-state index in [1.54, 1.807) is 0 Å². The van der Waals surface area contributed by atoms with Crippen molar-refractivity contribution >= 4 is 8.56 Å². The summed E-state index contributed by atoms with van der Waals surface area (Å²) in [7, 11) is -1.95. The van der Waals surface area contributed by atoms with Crippen LogP contribution in [0, 0.1) is 0 Å². The summed E-state index contributed by atoms with van der Waals surface area (Å²) in [6.45, 7) is 11.0. The van der Waals surface area contributed by atoms with Crippen molar-refractivity contribution in [3.63, 3.8) is 0 Å². The fourth-order valence-electron chi connectivity index (χ4n) is 3.50. The minimum absolute atomic E-state index is 0.925. The van der Waals surface area contributed by atoms with Gasteiger partial charge in [-0.25, -0.2) is 0 Å². The first kappa shape index (κ1) is 25.1. The Morgan fingerprint density at radius 3 is 1.16 bits per heavy atom.